The molecule has 3 atom stereocenters. The number of aliphatic hydroxyl groups excluding tert-OH is 2. The fraction of sp³-hybridized carbons (Fsp3) is 0.591. The van der Waals surface area contributed by atoms with E-state index < -0.39 is 17.8 Å². The van der Waals surface area contributed by atoms with Gasteiger partial charge in [-0.05, 0) is 33.1 Å². The third kappa shape index (κ3) is 14.8. The van der Waals surface area contributed by atoms with Crippen molar-refractivity contribution >= 4 is 5.78 Å². The highest BCUT2D eigenvalue weighted by Gasteiger charge is 2.14. The number of carbonyl (C=O) groups excluding carboxylic acids is 1. The van der Waals surface area contributed by atoms with E-state index >= 15 is 0 Å². The zero-order chi connectivity index (χ0) is 19.8. The van der Waals surface area contributed by atoms with Gasteiger partial charge in [0, 0.05) is 6.42 Å². The van der Waals surface area contributed by atoms with Crippen molar-refractivity contribution in [2.24, 2.45) is 0 Å². The zero-order valence-electron chi connectivity index (χ0n) is 16.5. The number of Topliss-reactive ketones (excluding diaryl/α,β-unsaturated/α-hetero) is 1. The van der Waals surface area contributed by atoms with Crippen LogP contribution in [0.25, 0.3) is 0 Å². The Bertz CT molecular complexity index is 486. The zero-order valence-corrected chi connectivity index (χ0v) is 16.5. The molecule has 0 fully saturated rings. The summed E-state index contributed by atoms with van der Waals surface area (Å²) in [6, 6.07) is 0. The van der Waals surface area contributed by atoms with Gasteiger partial charge in [0.15, 0.2) is 0 Å². The van der Waals surface area contributed by atoms with Crippen LogP contribution in [0.1, 0.15) is 65.7 Å². The molecule has 0 aliphatic carbocycles. The molecule has 148 valence electrons. The van der Waals surface area contributed by atoms with Gasteiger partial charge in [0.1, 0.15) is 5.78 Å². The number of allylic oxidation sites excluding steroid dienone is 6. The molecule has 26 heavy (non-hydrogen) atoms. The van der Waals surface area contributed by atoms with Crippen LogP contribution in [0.5, 0.6) is 0 Å². The van der Waals surface area contributed by atoms with Crippen LogP contribution in [0.15, 0.2) is 48.6 Å². The van der Waals surface area contributed by atoms with Crippen LogP contribution in [-0.2, 0) is 4.79 Å². The van der Waals surface area contributed by atoms with Crippen molar-refractivity contribution in [2.75, 3.05) is 0 Å². The largest absolute Gasteiger partial charge is 0.390 e. The van der Waals surface area contributed by atoms with Crippen LogP contribution in [-0.4, -0.2) is 38.9 Å². The maximum absolute atomic E-state index is 10.8. The lowest BCUT2D eigenvalue weighted by Crippen LogP contribution is -2.23. The molecule has 4 nitrogen and oxygen atoms in total. The fourth-order valence-electron chi connectivity index (χ4n) is 2.37. The van der Waals surface area contributed by atoms with Crippen LogP contribution >= 0.6 is 0 Å². The van der Waals surface area contributed by atoms with Crippen LogP contribution < -0.4 is 0 Å². The topological polar surface area (TPSA) is 77.8 Å². The Morgan fingerprint density at radius 2 is 1.62 bits per heavy atom. The number of hydrogen-bond acceptors (Lipinski definition) is 4. The summed E-state index contributed by atoms with van der Waals surface area (Å²) in [5.41, 5.74) is -0.772. The first kappa shape index (κ1) is 24.5. The number of hydrogen-bond donors (Lipinski definition) is 3. The number of unbranched alkanes of at least 4 members (excludes halogenated alkanes) is 2. The van der Waals surface area contributed by atoms with Gasteiger partial charge in [0.2, 0.25) is 0 Å². The van der Waals surface area contributed by atoms with E-state index in [-0.39, 0.29) is 5.78 Å². The number of carbonyl (C=O) groups is 1. The minimum atomic E-state index is -0.936. The third-order valence-corrected chi connectivity index (χ3v) is 4.03. The molecule has 0 bridgehead atoms. The van der Waals surface area contributed by atoms with Crippen LogP contribution in [0, 0.1) is 0 Å². The Labute approximate surface area is 158 Å². The number of aliphatic hydroxyl groups is 3. The van der Waals surface area contributed by atoms with Gasteiger partial charge in [-0.2, -0.15) is 0 Å². The van der Waals surface area contributed by atoms with E-state index in [1.54, 1.807) is 18.2 Å². The lowest BCUT2D eigenvalue weighted by atomic mass is 9.98. The summed E-state index contributed by atoms with van der Waals surface area (Å²) in [5.74, 6) is 0.0912. The van der Waals surface area contributed by atoms with Gasteiger partial charge in [-0.15, -0.1) is 0 Å². The lowest BCUT2D eigenvalue weighted by molar-refractivity contribution is -0.117. The highest BCUT2D eigenvalue weighted by Crippen LogP contribution is 2.15. The average Bonchev–Trinajstić information content (AvgIpc) is 2.56. The molecule has 4 heteroatoms. The normalized spacial score (nSPS) is 17.5. The first-order valence-corrected chi connectivity index (χ1v) is 9.56. The molecule has 3 N–H and O–H groups in total. The quantitative estimate of drug-likeness (QED) is 0.321. The Kier molecular flexibility index (Phi) is 13.8. The maximum Gasteiger partial charge on any atom is 0.129 e. The van der Waals surface area contributed by atoms with E-state index in [1.807, 2.05) is 31.2 Å². The summed E-state index contributed by atoms with van der Waals surface area (Å²) in [7, 11) is 0. The van der Waals surface area contributed by atoms with Gasteiger partial charge in [0.25, 0.3) is 0 Å². The second-order valence-corrected chi connectivity index (χ2v) is 6.98. The molecule has 0 amide bonds. The van der Waals surface area contributed by atoms with Crippen molar-refractivity contribution in [1.29, 1.82) is 0 Å². The summed E-state index contributed by atoms with van der Waals surface area (Å²) in [5, 5.41) is 29.7. The number of ketones is 1. The molecule has 0 aromatic heterocycles. The molecular formula is C22H36O4. The SMILES string of the molecule is CCCCCC(C)(O)/C=C/C=C\C=C\C=C\[C@@H](O)[C@@H](O)CCCC(C)=O. The lowest BCUT2D eigenvalue weighted by Gasteiger charge is -2.18. The van der Waals surface area contributed by atoms with Crippen molar-refractivity contribution in [3.8, 4) is 0 Å². The fourth-order valence-corrected chi connectivity index (χ4v) is 2.37. The molecule has 0 aliphatic heterocycles. The van der Waals surface area contributed by atoms with Gasteiger partial charge in [-0.3, -0.25) is 0 Å². The summed E-state index contributed by atoms with van der Waals surface area (Å²) >= 11 is 0. The highest BCUT2D eigenvalue weighted by atomic mass is 16.3. The predicted molar refractivity (Wildman–Crippen MR) is 108 cm³/mol. The van der Waals surface area contributed by atoms with Crippen LogP contribution in [0.2, 0.25) is 0 Å². The van der Waals surface area contributed by atoms with E-state index in [2.05, 4.69) is 6.92 Å². The summed E-state index contributed by atoms with van der Waals surface area (Å²) in [6.07, 6.45) is 17.7. The molecule has 0 aromatic carbocycles. The molecule has 0 aromatic rings. The second kappa shape index (κ2) is 14.7. The van der Waals surface area contributed by atoms with Crippen molar-refractivity contribution < 1.29 is 20.1 Å². The number of rotatable bonds is 14. The van der Waals surface area contributed by atoms with Crippen molar-refractivity contribution in [1.82, 2.24) is 0 Å². The summed E-state index contributed by atoms with van der Waals surface area (Å²) < 4.78 is 0. The van der Waals surface area contributed by atoms with E-state index in [4.69, 9.17) is 0 Å². The van der Waals surface area contributed by atoms with Gasteiger partial charge in [0.05, 0.1) is 17.8 Å². The minimum absolute atomic E-state index is 0.0912. The highest BCUT2D eigenvalue weighted by molar-refractivity contribution is 5.75. The van der Waals surface area contributed by atoms with E-state index in [1.165, 1.54) is 13.0 Å². The summed E-state index contributed by atoms with van der Waals surface area (Å²) in [4.78, 5) is 10.8. The third-order valence-electron chi connectivity index (χ3n) is 4.03. The van der Waals surface area contributed by atoms with Crippen LogP contribution in [0.3, 0.4) is 0 Å². The van der Waals surface area contributed by atoms with E-state index in [9.17, 15) is 20.1 Å². The average molecular weight is 365 g/mol. The maximum atomic E-state index is 10.8. The Morgan fingerprint density at radius 1 is 1.00 bits per heavy atom. The van der Waals surface area contributed by atoms with Crippen molar-refractivity contribution in [3.05, 3.63) is 48.6 Å². The molecule has 0 saturated heterocycles. The predicted octanol–water partition coefficient (Wildman–Crippen LogP) is 4.02. The Balaban J connectivity index is 4.12. The van der Waals surface area contributed by atoms with Gasteiger partial charge < -0.3 is 20.1 Å². The Hall–Kier alpha value is -1.49. The first-order chi connectivity index (χ1) is 12.3. The molecular weight excluding hydrogens is 328 g/mol. The molecule has 1 unspecified atom stereocenters. The van der Waals surface area contributed by atoms with E-state index in [0.717, 1.165) is 25.7 Å². The van der Waals surface area contributed by atoms with Gasteiger partial charge in [-0.25, -0.2) is 0 Å². The molecule has 0 radical (unpaired) electrons. The van der Waals surface area contributed by atoms with Crippen molar-refractivity contribution in [2.45, 2.75) is 83.5 Å². The Morgan fingerprint density at radius 3 is 2.23 bits per heavy atom. The van der Waals surface area contributed by atoms with E-state index in [0.29, 0.717) is 19.3 Å². The first-order valence-electron chi connectivity index (χ1n) is 9.56. The van der Waals surface area contributed by atoms with Gasteiger partial charge >= 0.3 is 0 Å². The summed E-state index contributed by atoms with van der Waals surface area (Å²) in [6.45, 7) is 5.47. The van der Waals surface area contributed by atoms with Crippen LogP contribution in [0.4, 0.5) is 0 Å². The molecule has 0 rings (SSSR count). The van der Waals surface area contributed by atoms with Gasteiger partial charge in [-0.1, -0.05) is 74.8 Å². The standard InChI is InChI=1S/C22H36O4/c1-4-5-11-17-22(3,26)18-12-9-7-6-8-10-15-20(24)21(25)16-13-14-19(2)23/h6-10,12,15,18,20-21,24-26H,4-5,11,13-14,16-17H2,1-3H3/b8-6+,9-7-,15-10+,18-12+/t20-,21+,22?/m1/s1. The molecule has 0 saturated carbocycles. The minimum Gasteiger partial charge on any atom is -0.390 e. The molecule has 0 spiro atoms. The monoisotopic (exact) mass is 364 g/mol. The molecule has 0 heterocycles. The smallest absolute Gasteiger partial charge is 0.129 e. The molecule has 0 aliphatic rings. The van der Waals surface area contributed by atoms with Crippen molar-refractivity contribution in [3.63, 3.8) is 0 Å². The second-order valence-electron chi connectivity index (χ2n) is 6.98.